The lowest BCUT2D eigenvalue weighted by Gasteiger charge is -2.33. The molecule has 230 valence electrons. The number of nitrogens with one attached hydrogen (secondary N) is 1. The molecular formula is C32H39FN4O5S. The summed E-state index contributed by atoms with van der Waals surface area (Å²) >= 11 is 0. The SMILES string of the molecule is CS(=O)(=O)N(CC(=O)N(Cc1ccc(F)cc1)[C@H](Cc1ccccc1)C(=O)NCCN1CCOCC1)Cc1ccccc1. The molecule has 0 unspecified atom stereocenters. The summed E-state index contributed by atoms with van der Waals surface area (Å²) < 4.78 is 45.8. The van der Waals surface area contributed by atoms with Gasteiger partial charge in [0, 0.05) is 45.7 Å². The highest BCUT2D eigenvalue weighted by molar-refractivity contribution is 7.88. The van der Waals surface area contributed by atoms with Gasteiger partial charge in [0.05, 0.1) is 26.0 Å². The van der Waals surface area contributed by atoms with Gasteiger partial charge in [0.2, 0.25) is 21.8 Å². The van der Waals surface area contributed by atoms with Gasteiger partial charge in [-0.15, -0.1) is 0 Å². The summed E-state index contributed by atoms with van der Waals surface area (Å²) in [6, 6.07) is 23.1. The van der Waals surface area contributed by atoms with E-state index < -0.39 is 34.3 Å². The first-order valence-electron chi connectivity index (χ1n) is 14.3. The Hall–Kier alpha value is -3.64. The van der Waals surface area contributed by atoms with E-state index in [1.54, 1.807) is 36.4 Å². The molecule has 1 heterocycles. The summed E-state index contributed by atoms with van der Waals surface area (Å²) in [4.78, 5) is 31.5. The fourth-order valence-corrected chi connectivity index (χ4v) is 5.67. The first kappa shape index (κ1) is 32.3. The molecule has 0 aromatic heterocycles. The monoisotopic (exact) mass is 610 g/mol. The summed E-state index contributed by atoms with van der Waals surface area (Å²) in [5, 5.41) is 3.00. The minimum Gasteiger partial charge on any atom is -0.379 e. The molecule has 4 rings (SSSR count). The van der Waals surface area contributed by atoms with Crippen LogP contribution >= 0.6 is 0 Å². The fraction of sp³-hybridized carbons (Fsp3) is 0.375. The number of rotatable bonds is 14. The van der Waals surface area contributed by atoms with E-state index in [2.05, 4.69) is 10.2 Å². The number of hydrogen-bond acceptors (Lipinski definition) is 6. The van der Waals surface area contributed by atoms with Crippen molar-refractivity contribution in [2.24, 2.45) is 0 Å². The van der Waals surface area contributed by atoms with Gasteiger partial charge >= 0.3 is 0 Å². The second-order valence-corrected chi connectivity index (χ2v) is 12.6. The standard InChI is InChI=1S/C32H39FN4O5S/c1-43(40,41)36(23-27-10-6-3-7-11-27)25-31(38)37(24-28-12-14-29(33)15-13-28)30(22-26-8-4-2-5-9-26)32(39)34-16-17-35-18-20-42-21-19-35/h2-15,30H,16-25H2,1H3,(H,34,39)/t30-/m1/s1. The Bertz CT molecular complexity index is 1420. The van der Waals surface area contributed by atoms with Gasteiger partial charge < -0.3 is 15.0 Å². The number of carbonyl (C=O) groups excluding carboxylic acids is 2. The van der Waals surface area contributed by atoms with Crippen LogP contribution in [0.5, 0.6) is 0 Å². The van der Waals surface area contributed by atoms with Crippen LogP contribution in [0.15, 0.2) is 84.9 Å². The van der Waals surface area contributed by atoms with E-state index in [0.717, 1.165) is 34.8 Å². The van der Waals surface area contributed by atoms with Crippen LogP contribution in [-0.2, 0) is 43.9 Å². The van der Waals surface area contributed by atoms with Crippen molar-refractivity contribution in [2.75, 3.05) is 52.2 Å². The van der Waals surface area contributed by atoms with Crippen molar-refractivity contribution in [1.29, 1.82) is 0 Å². The summed E-state index contributed by atoms with van der Waals surface area (Å²) in [5.41, 5.74) is 2.19. The van der Waals surface area contributed by atoms with Gasteiger partial charge in [-0.05, 0) is 28.8 Å². The third-order valence-corrected chi connectivity index (χ3v) is 8.55. The summed E-state index contributed by atoms with van der Waals surface area (Å²) in [6.07, 6.45) is 1.28. The number of carbonyl (C=O) groups is 2. The van der Waals surface area contributed by atoms with Gasteiger partial charge in [-0.2, -0.15) is 4.31 Å². The topological polar surface area (TPSA) is 99.3 Å². The highest BCUT2D eigenvalue weighted by Gasteiger charge is 2.33. The fourth-order valence-electron chi connectivity index (χ4n) is 4.94. The Morgan fingerprint density at radius 3 is 2.07 bits per heavy atom. The van der Waals surface area contributed by atoms with Gasteiger partial charge in [0.15, 0.2) is 0 Å². The Balaban J connectivity index is 1.61. The summed E-state index contributed by atoms with van der Waals surface area (Å²) in [5.74, 6) is -1.30. The molecule has 1 aliphatic heterocycles. The molecule has 1 atom stereocenters. The number of morpholine rings is 1. The van der Waals surface area contributed by atoms with E-state index in [4.69, 9.17) is 4.74 Å². The van der Waals surface area contributed by atoms with Crippen molar-refractivity contribution in [3.05, 3.63) is 107 Å². The number of nitrogens with zero attached hydrogens (tertiary/aromatic N) is 3. The maximum atomic E-state index is 14.1. The molecule has 0 bridgehead atoms. The molecule has 0 saturated carbocycles. The van der Waals surface area contributed by atoms with E-state index in [0.29, 0.717) is 31.9 Å². The zero-order chi connectivity index (χ0) is 30.7. The molecule has 11 heteroatoms. The lowest BCUT2D eigenvalue weighted by Crippen LogP contribution is -2.54. The molecule has 1 aliphatic rings. The zero-order valence-electron chi connectivity index (χ0n) is 24.4. The Labute approximate surface area is 253 Å². The third kappa shape index (κ3) is 10.2. The largest absolute Gasteiger partial charge is 0.379 e. The average molecular weight is 611 g/mol. The summed E-state index contributed by atoms with van der Waals surface area (Å²) in [6.45, 7) is 3.41. The van der Waals surface area contributed by atoms with Crippen LogP contribution in [0.1, 0.15) is 16.7 Å². The first-order valence-corrected chi connectivity index (χ1v) is 16.2. The minimum atomic E-state index is -3.78. The minimum absolute atomic E-state index is 0.00354. The van der Waals surface area contributed by atoms with Crippen molar-refractivity contribution in [1.82, 2.24) is 19.4 Å². The smallest absolute Gasteiger partial charge is 0.243 e. The van der Waals surface area contributed by atoms with Crippen LogP contribution in [0.25, 0.3) is 0 Å². The molecule has 0 radical (unpaired) electrons. The van der Waals surface area contributed by atoms with E-state index >= 15 is 0 Å². The second kappa shape index (κ2) is 15.7. The molecule has 1 saturated heterocycles. The van der Waals surface area contributed by atoms with Gasteiger partial charge in [-0.1, -0.05) is 72.8 Å². The molecule has 1 fully saturated rings. The molecular weight excluding hydrogens is 571 g/mol. The average Bonchev–Trinajstić information content (AvgIpc) is 3.00. The lowest BCUT2D eigenvalue weighted by atomic mass is 10.0. The number of halogens is 1. The van der Waals surface area contributed by atoms with Crippen LogP contribution < -0.4 is 5.32 Å². The van der Waals surface area contributed by atoms with Crippen LogP contribution in [0, 0.1) is 5.82 Å². The molecule has 9 nitrogen and oxygen atoms in total. The number of ether oxygens (including phenoxy) is 1. The van der Waals surface area contributed by atoms with Crippen molar-refractivity contribution < 1.29 is 27.1 Å². The van der Waals surface area contributed by atoms with E-state index in [1.165, 1.54) is 17.0 Å². The van der Waals surface area contributed by atoms with E-state index in [-0.39, 0.29) is 25.4 Å². The van der Waals surface area contributed by atoms with Crippen LogP contribution in [0.4, 0.5) is 4.39 Å². The number of benzene rings is 3. The van der Waals surface area contributed by atoms with Crippen molar-refractivity contribution in [3.63, 3.8) is 0 Å². The van der Waals surface area contributed by atoms with Crippen LogP contribution in [0.3, 0.4) is 0 Å². The predicted octanol–water partition coefficient (Wildman–Crippen LogP) is 2.68. The van der Waals surface area contributed by atoms with Crippen LogP contribution in [0.2, 0.25) is 0 Å². The number of sulfonamides is 1. The van der Waals surface area contributed by atoms with Gasteiger partial charge in [0.1, 0.15) is 11.9 Å². The number of amides is 2. The quantitative estimate of drug-likeness (QED) is 0.302. The van der Waals surface area contributed by atoms with Crippen molar-refractivity contribution in [3.8, 4) is 0 Å². The molecule has 2 amide bonds. The van der Waals surface area contributed by atoms with Crippen molar-refractivity contribution >= 4 is 21.8 Å². The lowest BCUT2D eigenvalue weighted by molar-refractivity contribution is -0.141. The van der Waals surface area contributed by atoms with Crippen LogP contribution in [-0.4, -0.2) is 92.6 Å². The molecule has 3 aromatic rings. The van der Waals surface area contributed by atoms with Crippen molar-refractivity contribution in [2.45, 2.75) is 25.6 Å². The Morgan fingerprint density at radius 2 is 1.47 bits per heavy atom. The van der Waals surface area contributed by atoms with Gasteiger partial charge in [-0.25, -0.2) is 12.8 Å². The first-order chi connectivity index (χ1) is 20.7. The molecule has 1 N–H and O–H groups in total. The van der Waals surface area contributed by atoms with E-state index in [1.807, 2.05) is 36.4 Å². The molecule has 3 aromatic carbocycles. The third-order valence-electron chi connectivity index (χ3n) is 7.35. The Kier molecular flexibility index (Phi) is 11.8. The number of hydrogen-bond donors (Lipinski definition) is 1. The molecule has 0 spiro atoms. The highest BCUT2D eigenvalue weighted by Crippen LogP contribution is 2.17. The normalized spacial score (nSPS) is 14.8. The second-order valence-electron chi connectivity index (χ2n) is 10.6. The zero-order valence-corrected chi connectivity index (χ0v) is 25.2. The van der Waals surface area contributed by atoms with Gasteiger partial charge in [-0.3, -0.25) is 14.5 Å². The Morgan fingerprint density at radius 1 is 0.884 bits per heavy atom. The maximum Gasteiger partial charge on any atom is 0.243 e. The van der Waals surface area contributed by atoms with E-state index in [9.17, 15) is 22.4 Å². The van der Waals surface area contributed by atoms with Gasteiger partial charge in [0.25, 0.3) is 0 Å². The highest BCUT2D eigenvalue weighted by atomic mass is 32.2. The summed E-state index contributed by atoms with van der Waals surface area (Å²) in [7, 11) is -3.78. The maximum absolute atomic E-state index is 14.1. The molecule has 0 aliphatic carbocycles. The predicted molar refractivity (Wildman–Crippen MR) is 163 cm³/mol. The molecule has 43 heavy (non-hydrogen) atoms.